The van der Waals surface area contributed by atoms with Gasteiger partial charge in [0.1, 0.15) is 6.04 Å². The first kappa shape index (κ1) is 23.4. The molecule has 0 saturated heterocycles. The van der Waals surface area contributed by atoms with E-state index in [1.807, 2.05) is 38.1 Å². The molecule has 0 radical (unpaired) electrons. The van der Waals surface area contributed by atoms with Crippen molar-refractivity contribution >= 4 is 29.3 Å². The molecule has 0 aliphatic heterocycles. The van der Waals surface area contributed by atoms with Gasteiger partial charge >= 0.3 is 0 Å². The van der Waals surface area contributed by atoms with E-state index >= 15 is 0 Å². The third-order valence-corrected chi connectivity index (χ3v) is 5.58. The Morgan fingerprint density at radius 2 is 1.87 bits per heavy atom. The van der Waals surface area contributed by atoms with E-state index in [4.69, 9.17) is 0 Å². The molecular formula is C22H27N3O4S. The number of nitro groups is 1. The Labute approximate surface area is 181 Å². The third kappa shape index (κ3) is 6.88. The lowest BCUT2D eigenvalue weighted by Crippen LogP contribution is -2.48. The number of aryl methyl sites for hydroxylation is 1. The summed E-state index contributed by atoms with van der Waals surface area (Å²) in [5.74, 6) is 0.463. The summed E-state index contributed by atoms with van der Waals surface area (Å²) in [5, 5.41) is 13.5. The molecule has 1 N–H and O–H groups in total. The molecule has 2 aromatic rings. The Kier molecular flexibility index (Phi) is 8.86. The molecule has 1 atom stereocenters. The van der Waals surface area contributed by atoms with Crippen LogP contribution in [0.15, 0.2) is 48.5 Å². The average molecular weight is 430 g/mol. The van der Waals surface area contributed by atoms with E-state index in [1.54, 1.807) is 24.0 Å². The number of nitrogens with zero attached hydrogens (tertiary/aromatic N) is 2. The van der Waals surface area contributed by atoms with Gasteiger partial charge in [0, 0.05) is 31.0 Å². The predicted octanol–water partition coefficient (Wildman–Crippen LogP) is 3.69. The topological polar surface area (TPSA) is 92.6 Å². The minimum atomic E-state index is -0.585. The van der Waals surface area contributed by atoms with Crippen LogP contribution >= 0.6 is 11.8 Å². The van der Waals surface area contributed by atoms with Crippen molar-refractivity contribution in [1.82, 2.24) is 10.2 Å². The van der Waals surface area contributed by atoms with Crippen LogP contribution in [0.1, 0.15) is 30.5 Å². The van der Waals surface area contributed by atoms with Crippen molar-refractivity contribution in [3.05, 3.63) is 75.3 Å². The molecule has 0 bridgehead atoms. The number of hydrogen-bond donors (Lipinski definition) is 1. The van der Waals surface area contributed by atoms with Crippen molar-refractivity contribution in [3.63, 3.8) is 0 Å². The first-order valence-electron chi connectivity index (χ1n) is 9.75. The molecule has 160 valence electrons. The summed E-state index contributed by atoms with van der Waals surface area (Å²) in [4.78, 5) is 37.2. The Bertz CT molecular complexity index is 886. The number of hydrogen-bond acceptors (Lipinski definition) is 5. The molecule has 0 saturated carbocycles. The number of amides is 2. The average Bonchev–Trinajstić information content (AvgIpc) is 2.72. The second kappa shape index (κ2) is 11.3. The SMILES string of the molecule is CCNC(=O)C(C)N(Cc1cccc(C)c1)C(=O)CSCc1ccc([N+](=O)[O-])cc1. The van der Waals surface area contributed by atoms with Gasteiger partial charge in [-0.1, -0.05) is 42.0 Å². The van der Waals surface area contributed by atoms with Gasteiger partial charge in [-0.05, 0) is 31.9 Å². The van der Waals surface area contributed by atoms with Crippen LogP contribution < -0.4 is 5.32 Å². The molecule has 0 aliphatic rings. The summed E-state index contributed by atoms with van der Waals surface area (Å²) >= 11 is 1.42. The second-order valence-corrected chi connectivity index (χ2v) is 7.98. The highest BCUT2D eigenvalue weighted by molar-refractivity contribution is 7.99. The third-order valence-electron chi connectivity index (χ3n) is 4.60. The van der Waals surface area contributed by atoms with Gasteiger partial charge in [0.25, 0.3) is 5.69 Å². The van der Waals surface area contributed by atoms with Gasteiger partial charge in [-0.3, -0.25) is 19.7 Å². The number of benzene rings is 2. The fourth-order valence-corrected chi connectivity index (χ4v) is 3.84. The zero-order chi connectivity index (χ0) is 22.1. The highest BCUT2D eigenvalue weighted by atomic mass is 32.2. The van der Waals surface area contributed by atoms with Crippen LogP contribution in [0.2, 0.25) is 0 Å². The van der Waals surface area contributed by atoms with Crippen LogP contribution in [0.3, 0.4) is 0 Å². The monoisotopic (exact) mass is 429 g/mol. The smallest absolute Gasteiger partial charge is 0.269 e. The van der Waals surface area contributed by atoms with Crippen molar-refractivity contribution in [2.75, 3.05) is 12.3 Å². The van der Waals surface area contributed by atoms with Crippen molar-refractivity contribution < 1.29 is 14.5 Å². The fraction of sp³-hybridized carbons (Fsp3) is 0.364. The second-order valence-electron chi connectivity index (χ2n) is 7.00. The van der Waals surface area contributed by atoms with E-state index in [0.29, 0.717) is 18.8 Å². The lowest BCUT2D eigenvalue weighted by Gasteiger charge is -2.28. The lowest BCUT2D eigenvalue weighted by atomic mass is 10.1. The molecule has 0 fully saturated rings. The molecule has 1 unspecified atom stereocenters. The maximum Gasteiger partial charge on any atom is 0.269 e. The molecule has 8 heteroatoms. The molecule has 30 heavy (non-hydrogen) atoms. The normalized spacial score (nSPS) is 11.6. The number of carbonyl (C=O) groups is 2. The van der Waals surface area contributed by atoms with Gasteiger partial charge in [0.05, 0.1) is 10.7 Å². The summed E-state index contributed by atoms with van der Waals surface area (Å²) in [6.07, 6.45) is 0. The largest absolute Gasteiger partial charge is 0.355 e. The highest BCUT2D eigenvalue weighted by Gasteiger charge is 2.25. The fourth-order valence-electron chi connectivity index (χ4n) is 2.96. The van der Waals surface area contributed by atoms with Gasteiger partial charge < -0.3 is 10.2 Å². The summed E-state index contributed by atoms with van der Waals surface area (Å²) in [6, 6.07) is 13.6. The number of rotatable bonds is 10. The Balaban J connectivity index is 2.03. The molecule has 2 rings (SSSR count). The van der Waals surface area contributed by atoms with Crippen LogP contribution in [-0.4, -0.2) is 40.0 Å². The zero-order valence-electron chi connectivity index (χ0n) is 17.5. The predicted molar refractivity (Wildman–Crippen MR) is 119 cm³/mol. The number of likely N-dealkylation sites (N-methyl/N-ethyl adjacent to an activating group) is 1. The van der Waals surface area contributed by atoms with Crippen LogP contribution in [0.25, 0.3) is 0 Å². The number of carbonyl (C=O) groups excluding carboxylic acids is 2. The van der Waals surface area contributed by atoms with Gasteiger partial charge in [0.2, 0.25) is 11.8 Å². The van der Waals surface area contributed by atoms with Crippen molar-refractivity contribution in [3.8, 4) is 0 Å². The van der Waals surface area contributed by atoms with Crippen molar-refractivity contribution in [2.45, 2.75) is 39.1 Å². The minimum absolute atomic E-state index is 0.0416. The van der Waals surface area contributed by atoms with E-state index < -0.39 is 11.0 Å². The number of thioether (sulfide) groups is 1. The molecular weight excluding hydrogens is 402 g/mol. The highest BCUT2D eigenvalue weighted by Crippen LogP contribution is 2.19. The Morgan fingerprint density at radius 1 is 1.17 bits per heavy atom. The molecule has 0 aliphatic carbocycles. The molecule has 2 aromatic carbocycles. The van der Waals surface area contributed by atoms with Crippen LogP contribution in [0.4, 0.5) is 5.69 Å². The maximum absolute atomic E-state index is 13.0. The first-order chi connectivity index (χ1) is 14.3. The number of nitro benzene ring substituents is 1. The molecule has 7 nitrogen and oxygen atoms in total. The zero-order valence-corrected chi connectivity index (χ0v) is 18.3. The van der Waals surface area contributed by atoms with E-state index in [-0.39, 0.29) is 23.3 Å². The van der Waals surface area contributed by atoms with E-state index in [0.717, 1.165) is 16.7 Å². The standard InChI is InChI=1S/C22H27N3O4S/c1-4-23-22(27)17(3)24(13-19-7-5-6-16(2)12-19)21(26)15-30-14-18-8-10-20(11-9-18)25(28)29/h5-12,17H,4,13-15H2,1-3H3,(H,23,27). The summed E-state index contributed by atoms with van der Waals surface area (Å²) in [6.45, 7) is 6.43. The van der Waals surface area contributed by atoms with Gasteiger partial charge in [-0.25, -0.2) is 0 Å². The quantitative estimate of drug-likeness (QED) is 0.459. The maximum atomic E-state index is 13.0. The van der Waals surface area contributed by atoms with Crippen LogP contribution in [-0.2, 0) is 21.9 Å². The lowest BCUT2D eigenvalue weighted by molar-refractivity contribution is -0.384. The van der Waals surface area contributed by atoms with Gasteiger partial charge in [-0.15, -0.1) is 11.8 Å². The van der Waals surface area contributed by atoms with Crippen molar-refractivity contribution in [2.24, 2.45) is 0 Å². The summed E-state index contributed by atoms with van der Waals surface area (Å²) in [7, 11) is 0. The summed E-state index contributed by atoms with van der Waals surface area (Å²) in [5.41, 5.74) is 3.01. The van der Waals surface area contributed by atoms with Crippen molar-refractivity contribution in [1.29, 1.82) is 0 Å². The molecule has 2 amide bonds. The number of nitrogens with one attached hydrogen (secondary N) is 1. The first-order valence-corrected chi connectivity index (χ1v) is 10.9. The number of non-ortho nitro benzene ring substituents is 1. The summed E-state index contributed by atoms with van der Waals surface area (Å²) < 4.78 is 0. The molecule has 0 heterocycles. The molecule has 0 aromatic heterocycles. The van der Waals surface area contributed by atoms with E-state index in [2.05, 4.69) is 5.32 Å². The van der Waals surface area contributed by atoms with Gasteiger partial charge in [0.15, 0.2) is 0 Å². The van der Waals surface area contributed by atoms with Gasteiger partial charge in [-0.2, -0.15) is 0 Å². The van der Waals surface area contributed by atoms with Crippen LogP contribution in [0, 0.1) is 17.0 Å². The molecule has 0 spiro atoms. The van der Waals surface area contributed by atoms with E-state index in [9.17, 15) is 19.7 Å². The minimum Gasteiger partial charge on any atom is -0.355 e. The van der Waals surface area contributed by atoms with E-state index in [1.165, 1.54) is 23.9 Å². The Morgan fingerprint density at radius 3 is 2.47 bits per heavy atom. The van der Waals surface area contributed by atoms with Crippen LogP contribution in [0.5, 0.6) is 0 Å². The Hall–Kier alpha value is -2.87.